The van der Waals surface area contributed by atoms with E-state index in [1.54, 1.807) is 0 Å². The van der Waals surface area contributed by atoms with Gasteiger partial charge in [-0.2, -0.15) is 0 Å². The summed E-state index contributed by atoms with van der Waals surface area (Å²) in [5.74, 6) is 0. The van der Waals surface area contributed by atoms with E-state index in [4.69, 9.17) is 31.6 Å². The number of hydrogen-bond donors (Lipinski definition) is 0. The SMILES string of the molecule is C#N.C#N.C#N.C#N.C#N.C#N.[CaH2].[Fe].[KH]. The quantitative estimate of drug-likeness (QED) is 0.539. The molecule has 0 atom stereocenters. The molecule has 0 aliphatic carbocycles. The molecule has 0 heterocycles. The fraction of sp³-hybridized carbons (Fsp3) is 0. The van der Waals surface area contributed by atoms with Crippen LogP contribution in [0.25, 0.3) is 0 Å². The molecule has 9 heteroatoms. The van der Waals surface area contributed by atoms with Crippen LogP contribution in [0.15, 0.2) is 0 Å². The summed E-state index contributed by atoms with van der Waals surface area (Å²) in [6, 6.07) is 0. The van der Waals surface area contributed by atoms with Crippen molar-refractivity contribution in [2.45, 2.75) is 0 Å². The molecule has 74 valence electrons. The van der Waals surface area contributed by atoms with Crippen LogP contribution in [0.1, 0.15) is 0 Å². The van der Waals surface area contributed by atoms with E-state index in [0.717, 1.165) is 0 Å². The van der Waals surface area contributed by atoms with Gasteiger partial charge in [-0.1, -0.05) is 0 Å². The monoisotopic (exact) mass is 300 g/mol. The predicted octanol–water partition coefficient (Wildman–Crippen LogP) is -0.729. The van der Waals surface area contributed by atoms with E-state index >= 15 is 0 Å². The molecule has 0 saturated heterocycles. The zero-order valence-electron chi connectivity index (χ0n) is 6.50. The zero-order valence-corrected chi connectivity index (χ0v) is 7.61. The molecule has 0 radical (unpaired) electrons. The number of nitrogens with zero attached hydrogens (tertiary/aromatic N) is 6. The van der Waals surface area contributed by atoms with Crippen molar-refractivity contribution in [3.05, 3.63) is 0 Å². The topological polar surface area (TPSA) is 143 Å². The Morgan fingerprint density at radius 3 is 0.400 bits per heavy atom. The summed E-state index contributed by atoms with van der Waals surface area (Å²) in [6.07, 6.45) is 0. The van der Waals surface area contributed by atoms with Crippen molar-refractivity contribution in [2.75, 3.05) is 0 Å². The van der Waals surface area contributed by atoms with Gasteiger partial charge in [0.2, 0.25) is 0 Å². The van der Waals surface area contributed by atoms with Gasteiger partial charge in [0.15, 0.2) is 0 Å². The fourth-order valence-electron chi connectivity index (χ4n) is 0. The first-order valence-electron chi connectivity index (χ1n) is 1.55. The van der Waals surface area contributed by atoms with Gasteiger partial charge in [-0.05, 0) is 0 Å². The van der Waals surface area contributed by atoms with Crippen molar-refractivity contribution in [3.8, 4) is 39.4 Å². The van der Waals surface area contributed by atoms with Gasteiger partial charge >= 0.3 is 89.1 Å². The molecule has 0 aromatic heterocycles. The summed E-state index contributed by atoms with van der Waals surface area (Å²) in [4.78, 5) is 0. The minimum atomic E-state index is 0. The van der Waals surface area contributed by atoms with E-state index in [0.29, 0.717) is 0 Å². The van der Waals surface area contributed by atoms with Crippen LogP contribution in [-0.4, -0.2) is 89.1 Å². The third kappa shape index (κ3) is 17300. The summed E-state index contributed by atoms with van der Waals surface area (Å²) in [6.45, 7) is 21.0. The Bertz CT molecular complexity index is 103. The van der Waals surface area contributed by atoms with E-state index in [9.17, 15) is 0 Å². The minimum absolute atomic E-state index is 0. The van der Waals surface area contributed by atoms with Crippen molar-refractivity contribution in [3.63, 3.8) is 0 Å². The molecule has 0 N–H and O–H groups in total. The van der Waals surface area contributed by atoms with Gasteiger partial charge in [0.25, 0.3) is 0 Å². The second-order valence-electron chi connectivity index (χ2n) is 0. The van der Waals surface area contributed by atoms with Crippen LogP contribution < -0.4 is 0 Å². The molecule has 0 aliphatic rings. The summed E-state index contributed by atoms with van der Waals surface area (Å²) in [5, 5.41) is 39.0. The van der Waals surface area contributed by atoms with E-state index in [-0.39, 0.29) is 106 Å². The van der Waals surface area contributed by atoms with E-state index < -0.39 is 0 Å². The van der Waals surface area contributed by atoms with Crippen molar-refractivity contribution in [2.24, 2.45) is 0 Å². The van der Waals surface area contributed by atoms with Gasteiger partial charge < -0.3 is 0 Å². The third-order valence-electron chi connectivity index (χ3n) is 0. The summed E-state index contributed by atoms with van der Waals surface area (Å²) in [5.41, 5.74) is 0. The van der Waals surface area contributed by atoms with Crippen molar-refractivity contribution in [1.29, 1.82) is 31.6 Å². The maximum atomic E-state index is 6.50. The Labute approximate surface area is 174 Å². The standard InChI is InChI=1S/6CHN.Ca.Fe.K.3H/c6*1-2;;;;;;/h6*1H;;;;;;. The Morgan fingerprint density at radius 2 is 0.400 bits per heavy atom. The Hall–Kier alpha value is 0.356. The average Bonchev–Trinajstić information content (AvgIpc) is 2.33. The summed E-state index contributed by atoms with van der Waals surface area (Å²) < 4.78 is 0. The van der Waals surface area contributed by atoms with Crippen LogP contribution in [0.3, 0.4) is 0 Å². The van der Waals surface area contributed by atoms with Crippen LogP contribution in [0, 0.1) is 71.0 Å². The van der Waals surface area contributed by atoms with Gasteiger partial charge in [0, 0.05) is 56.5 Å². The van der Waals surface area contributed by atoms with Gasteiger partial charge in [0.05, 0.1) is 0 Å². The first kappa shape index (κ1) is 78.3. The normalized spacial score (nSPS) is 0.800. The molecule has 15 heavy (non-hydrogen) atoms. The van der Waals surface area contributed by atoms with Gasteiger partial charge in [-0.3, -0.25) is 0 Å². The van der Waals surface area contributed by atoms with Crippen molar-refractivity contribution >= 4 is 89.1 Å². The van der Waals surface area contributed by atoms with Crippen LogP contribution in [-0.2, 0) is 17.1 Å². The van der Waals surface area contributed by atoms with Crippen LogP contribution in [0.5, 0.6) is 0 Å². The predicted molar refractivity (Wildman–Crippen MR) is 55.7 cm³/mol. The van der Waals surface area contributed by atoms with Crippen LogP contribution in [0.4, 0.5) is 0 Å². The Morgan fingerprint density at radius 1 is 0.400 bits per heavy atom. The fourth-order valence-corrected chi connectivity index (χ4v) is 0. The molecule has 0 aromatic rings. The summed E-state index contributed by atoms with van der Waals surface area (Å²) in [7, 11) is 0. The molecule has 0 rings (SSSR count). The first-order chi connectivity index (χ1) is 6.00. The molecule has 0 saturated carbocycles. The number of rotatable bonds is 0. The van der Waals surface area contributed by atoms with Gasteiger partial charge in [-0.25, -0.2) is 31.6 Å². The second kappa shape index (κ2) is 20300. The molecule has 0 unspecified atom stereocenters. The van der Waals surface area contributed by atoms with Crippen LogP contribution in [0.2, 0.25) is 0 Å². The van der Waals surface area contributed by atoms with Gasteiger partial charge in [0.1, 0.15) is 0 Å². The Kier molecular flexibility index (Phi) is 106000. The molecule has 0 aromatic carbocycles. The van der Waals surface area contributed by atoms with Crippen molar-refractivity contribution < 1.29 is 17.1 Å². The number of hydrogen-bond acceptors (Lipinski definition) is 6. The molecular formula is C6H9CaFeKN6. The Balaban J connectivity index is -0.00000000396. The van der Waals surface area contributed by atoms with E-state index in [2.05, 4.69) is 39.4 Å². The van der Waals surface area contributed by atoms with Crippen molar-refractivity contribution in [1.82, 2.24) is 0 Å². The second-order valence-corrected chi connectivity index (χ2v) is 0. The molecule has 0 bridgehead atoms. The molecule has 6 nitrogen and oxygen atoms in total. The molecular weight excluding hydrogens is 291 g/mol. The first-order valence-corrected chi connectivity index (χ1v) is 1.55. The van der Waals surface area contributed by atoms with Crippen LogP contribution >= 0.6 is 0 Å². The molecule has 0 aliphatic heterocycles. The average molecular weight is 300 g/mol. The molecule has 0 fully saturated rings. The third-order valence-corrected chi connectivity index (χ3v) is 0. The van der Waals surface area contributed by atoms with E-state index in [1.165, 1.54) is 0 Å². The molecule has 0 amide bonds. The zero-order chi connectivity index (χ0) is 12.0. The maximum absolute atomic E-state index is 6.50. The molecule has 0 spiro atoms. The van der Waals surface area contributed by atoms with E-state index in [1.807, 2.05) is 0 Å². The number of nitriles is 6. The summed E-state index contributed by atoms with van der Waals surface area (Å²) >= 11 is 0. The van der Waals surface area contributed by atoms with Gasteiger partial charge in [-0.15, -0.1) is 0 Å².